The summed E-state index contributed by atoms with van der Waals surface area (Å²) in [4.78, 5) is 26.6. The minimum atomic E-state index is -0.460. The van der Waals surface area contributed by atoms with E-state index in [1.807, 2.05) is 32.9 Å². The van der Waals surface area contributed by atoms with Gasteiger partial charge in [0.2, 0.25) is 5.91 Å². The maximum atomic E-state index is 12.7. The van der Waals surface area contributed by atoms with Gasteiger partial charge in [-0.05, 0) is 18.2 Å². The van der Waals surface area contributed by atoms with Gasteiger partial charge in [-0.3, -0.25) is 9.48 Å². The molecule has 9 nitrogen and oxygen atoms in total. The van der Waals surface area contributed by atoms with E-state index in [1.165, 1.54) is 12.0 Å². The number of methoxy groups -OCH3 is 1. The summed E-state index contributed by atoms with van der Waals surface area (Å²) in [5.41, 5.74) is 1.61. The third-order valence-electron chi connectivity index (χ3n) is 4.35. The van der Waals surface area contributed by atoms with Crippen molar-refractivity contribution in [1.29, 1.82) is 5.26 Å². The summed E-state index contributed by atoms with van der Waals surface area (Å²) in [6.07, 6.45) is 0. The number of hydrogen-bond acceptors (Lipinski definition) is 5. The van der Waals surface area contributed by atoms with Crippen molar-refractivity contribution in [3.05, 3.63) is 41.6 Å². The Bertz CT molecular complexity index is 939. The molecule has 0 bridgehead atoms. The van der Waals surface area contributed by atoms with Crippen molar-refractivity contribution < 1.29 is 14.3 Å². The Kier molecular flexibility index (Phi) is 7.55. The van der Waals surface area contributed by atoms with Gasteiger partial charge >= 0.3 is 6.03 Å². The first-order valence-corrected chi connectivity index (χ1v) is 9.53. The second-order valence-electron chi connectivity index (χ2n) is 7.87. The molecule has 2 N–H and O–H groups in total. The summed E-state index contributed by atoms with van der Waals surface area (Å²) in [6, 6.07) is 9.95. The molecule has 2 rings (SSSR count). The molecule has 1 aromatic heterocycles. The van der Waals surface area contributed by atoms with Crippen molar-refractivity contribution in [2.24, 2.45) is 7.05 Å². The first-order chi connectivity index (χ1) is 14.1. The van der Waals surface area contributed by atoms with Gasteiger partial charge in [-0.2, -0.15) is 10.4 Å². The first-order valence-electron chi connectivity index (χ1n) is 9.53. The van der Waals surface area contributed by atoms with Crippen molar-refractivity contribution in [2.75, 3.05) is 37.4 Å². The number of ether oxygens (including phenoxy) is 1. The number of carbonyl (C=O) groups excluding carboxylic acids is 2. The molecule has 0 saturated carbocycles. The molecule has 0 aliphatic rings. The van der Waals surface area contributed by atoms with Crippen LogP contribution < -0.4 is 10.6 Å². The molecule has 0 unspecified atom stereocenters. The topological polar surface area (TPSA) is 112 Å². The number of nitriles is 1. The van der Waals surface area contributed by atoms with Gasteiger partial charge in [-0.15, -0.1) is 0 Å². The van der Waals surface area contributed by atoms with Crippen LogP contribution in [0, 0.1) is 11.3 Å². The molecule has 0 fully saturated rings. The van der Waals surface area contributed by atoms with Crippen molar-refractivity contribution in [2.45, 2.75) is 26.2 Å². The molecule has 0 aliphatic heterocycles. The first kappa shape index (κ1) is 22.9. The second kappa shape index (κ2) is 9.89. The van der Waals surface area contributed by atoms with Crippen molar-refractivity contribution in [3.63, 3.8) is 0 Å². The highest BCUT2D eigenvalue weighted by atomic mass is 16.5. The number of nitrogens with one attached hydrogen (secondary N) is 2. The fourth-order valence-electron chi connectivity index (χ4n) is 2.63. The fourth-order valence-corrected chi connectivity index (χ4v) is 2.63. The molecule has 160 valence electrons. The minimum absolute atomic E-state index is 0.150. The zero-order chi connectivity index (χ0) is 22.3. The van der Waals surface area contributed by atoms with E-state index in [0.29, 0.717) is 17.1 Å². The molecule has 3 amide bonds. The summed E-state index contributed by atoms with van der Waals surface area (Å²) in [7, 11) is 3.28. The van der Waals surface area contributed by atoms with E-state index in [1.54, 1.807) is 36.0 Å². The Morgan fingerprint density at radius 1 is 1.27 bits per heavy atom. The third kappa shape index (κ3) is 6.32. The summed E-state index contributed by atoms with van der Waals surface area (Å²) in [6.45, 7) is 6.46. The number of hydrogen-bond donors (Lipinski definition) is 2. The molecule has 1 aromatic carbocycles. The number of amides is 3. The lowest BCUT2D eigenvalue weighted by molar-refractivity contribution is -0.116. The Morgan fingerprint density at radius 3 is 2.60 bits per heavy atom. The van der Waals surface area contributed by atoms with Gasteiger partial charge in [-0.25, -0.2) is 4.79 Å². The zero-order valence-corrected chi connectivity index (χ0v) is 18.0. The molecule has 30 heavy (non-hydrogen) atoms. The highest BCUT2D eigenvalue weighted by Gasteiger charge is 2.21. The summed E-state index contributed by atoms with van der Waals surface area (Å²) < 4.78 is 6.66. The molecular formula is C21H28N6O3. The number of aryl methyl sites for hydroxylation is 1. The number of benzene rings is 1. The number of urea groups is 1. The zero-order valence-electron chi connectivity index (χ0n) is 18.0. The Labute approximate surface area is 176 Å². The van der Waals surface area contributed by atoms with Gasteiger partial charge in [0.05, 0.1) is 23.9 Å². The van der Waals surface area contributed by atoms with Crippen LogP contribution in [0.1, 0.15) is 32.0 Å². The van der Waals surface area contributed by atoms with Gasteiger partial charge < -0.3 is 20.3 Å². The molecule has 0 atom stereocenters. The normalized spacial score (nSPS) is 10.9. The Balaban J connectivity index is 2.08. The number of aromatic nitrogens is 2. The van der Waals surface area contributed by atoms with Crippen LogP contribution in [0.15, 0.2) is 30.3 Å². The molecule has 0 radical (unpaired) electrons. The summed E-state index contributed by atoms with van der Waals surface area (Å²) in [5, 5.41) is 19.0. The van der Waals surface area contributed by atoms with Crippen molar-refractivity contribution in [1.82, 2.24) is 14.7 Å². The van der Waals surface area contributed by atoms with Crippen LogP contribution in [0.25, 0.3) is 0 Å². The van der Waals surface area contributed by atoms with E-state index in [-0.39, 0.29) is 31.0 Å². The van der Waals surface area contributed by atoms with Crippen molar-refractivity contribution >= 4 is 23.4 Å². The van der Waals surface area contributed by atoms with E-state index >= 15 is 0 Å². The molecule has 0 saturated heterocycles. The lowest BCUT2D eigenvalue weighted by Crippen LogP contribution is -2.42. The molecule has 9 heteroatoms. The molecule has 2 aromatic rings. The van der Waals surface area contributed by atoms with Crippen LogP contribution >= 0.6 is 0 Å². The Hall–Kier alpha value is -3.38. The van der Waals surface area contributed by atoms with Gasteiger partial charge in [0.1, 0.15) is 12.4 Å². The molecule has 1 heterocycles. The van der Waals surface area contributed by atoms with Gasteiger partial charge in [0.25, 0.3) is 0 Å². The highest BCUT2D eigenvalue weighted by Crippen LogP contribution is 2.23. The highest BCUT2D eigenvalue weighted by molar-refractivity contribution is 5.96. The van der Waals surface area contributed by atoms with Gasteiger partial charge in [0, 0.05) is 37.9 Å². The third-order valence-corrected chi connectivity index (χ3v) is 4.35. The van der Waals surface area contributed by atoms with Crippen LogP contribution in [0.5, 0.6) is 0 Å². The van der Waals surface area contributed by atoms with Crippen LogP contribution in [0.4, 0.5) is 16.3 Å². The smallest absolute Gasteiger partial charge is 0.322 e. The van der Waals surface area contributed by atoms with Crippen LogP contribution in [0.3, 0.4) is 0 Å². The van der Waals surface area contributed by atoms with Crippen molar-refractivity contribution in [3.8, 4) is 6.07 Å². The lowest BCUT2D eigenvalue weighted by Gasteiger charge is -2.22. The van der Waals surface area contributed by atoms with E-state index in [9.17, 15) is 9.59 Å². The second-order valence-corrected chi connectivity index (χ2v) is 7.87. The minimum Gasteiger partial charge on any atom is -0.383 e. The maximum Gasteiger partial charge on any atom is 0.322 e. The average Bonchev–Trinajstić information content (AvgIpc) is 3.06. The SMILES string of the molecule is COCCN(CC(=O)Nc1cc(C(C)(C)C)nn1C)C(=O)Nc1cccc(C#N)c1. The van der Waals surface area contributed by atoms with Crippen LogP contribution in [0.2, 0.25) is 0 Å². The number of nitrogens with zero attached hydrogens (tertiary/aromatic N) is 4. The molecular weight excluding hydrogens is 384 g/mol. The Morgan fingerprint density at radius 2 is 2.00 bits per heavy atom. The van der Waals surface area contributed by atoms with Crippen LogP contribution in [-0.4, -0.2) is 53.4 Å². The fraction of sp³-hybridized carbons (Fsp3) is 0.429. The maximum absolute atomic E-state index is 12.7. The number of anilines is 2. The quantitative estimate of drug-likeness (QED) is 0.726. The average molecular weight is 412 g/mol. The molecule has 0 aliphatic carbocycles. The standard InChI is InChI=1S/C21H28N6O3/c1-21(2,3)17-12-18(26(4)25-17)24-19(28)14-27(9-10-30-5)20(29)23-16-8-6-7-15(11-16)13-22/h6-8,11-12H,9-10,14H2,1-5H3,(H,23,29)(H,24,28). The number of rotatable bonds is 7. The van der Waals surface area contributed by atoms with Gasteiger partial charge in [0.15, 0.2) is 0 Å². The largest absolute Gasteiger partial charge is 0.383 e. The van der Waals surface area contributed by atoms with E-state index < -0.39 is 6.03 Å². The summed E-state index contributed by atoms with van der Waals surface area (Å²) >= 11 is 0. The van der Waals surface area contributed by atoms with E-state index in [4.69, 9.17) is 10.00 Å². The monoisotopic (exact) mass is 412 g/mol. The van der Waals surface area contributed by atoms with Gasteiger partial charge in [-0.1, -0.05) is 26.8 Å². The van der Waals surface area contributed by atoms with Crippen LogP contribution in [-0.2, 0) is 22.0 Å². The lowest BCUT2D eigenvalue weighted by atomic mass is 9.92. The molecule has 0 spiro atoms. The van der Waals surface area contributed by atoms with E-state index in [2.05, 4.69) is 15.7 Å². The predicted molar refractivity (Wildman–Crippen MR) is 114 cm³/mol. The van der Waals surface area contributed by atoms with E-state index in [0.717, 1.165) is 5.69 Å². The summed E-state index contributed by atoms with van der Waals surface area (Å²) in [5.74, 6) is 0.203. The number of carbonyl (C=O) groups is 2. The predicted octanol–water partition coefficient (Wildman–Crippen LogP) is 2.71.